The number of nitrogens with one attached hydrogen (secondary N) is 1. The van der Waals surface area contributed by atoms with E-state index in [-0.39, 0.29) is 0 Å². The van der Waals surface area contributed by atoms with Gasteiger partial charge in [-0.1, -0.05) is 0 Å². The van der Waals surface area contributed by atoms with E-state index >= 15 is 0 Å². The molecule has 6 heteroatoms. The molecule has 19 heavy (non-hydrogen) atoms. The summed E-state index contributed by atoms with van der Waals surface area (Å²) in [6, 6.07) is 4.77. The SMILES string of the molecule is CCOc1ccc(/C(C)=N\NC(N)=O)cc1OCC. The van der Waals surface area contributed by atoms with Crippen LogP contribution in [-0.2, 0) is 0 Å². The van der Waals surface area contributed by atoms with E-state index in [9.17, 15) is 4.79 Å². The standard InChI is InChI=1S/C13H19N3O3/c1-4-18-11-7-6-10(8-12(11)19-5-2)9(3)15-16-13(14)17/h6-8H,4-5H2,1-3H3,(H3,14,16,17)/b15-9-. The van der Waals surface area contributed by atoms with Crippen molar-refractivity contribution in [2.45, 2.75) is 20.8 Å². The lowest BCUT2D eigenvalue weighted by Gasteiger charge is -2.12. The third kappa shape index (κ3) is 4.50. The van der Waals surface area contributed by atoms with Crippen LogP contribution < -0.4 is 20.6 Å². The van der Waals surface area contributed by atoms with Crippen molar-refractivity contribution >= 4 is 11.7 Å². The van der Waals surface area contributed by atoms with Crippen molar-refractivity contribution in [3.8, 4) is 11.5 Å². The van der Waals surface area contributed by atoms with Gasteiger partial charge in [-0.15, -0.1) is 0 Å². The average molecular weight is 265 g/mol. The number of carbonyl (C=O) groups excluding carboxylic acids is 1. The number of rotatable bonds is 6. The molecule has 2 amide bonds. The Morgan fingerprint density at radius 3 is 2.47 bits per heavy atom. The van der Waals surface area contributed by atoms with Gasteiger partial charge in [0.1, 0.15) is 0 Å². The molecule has 0 bridgehead atoms. The van der Waals surface area contributed by atoms with Crippen LogP contribution in [0.3, 0.4) is 0 Å². The van der Waals surface area contributed by atoms with E-state index in [0.29, 0.717) is 30.4 Å². The molecule has 0 fully saturated rings. The average Bonchev–Trinajstić information content (AvgIpc) is 2.38. The first-order valence-electron chi connectivity index (χ1n) is 6.08. The zero-order chi connectivity index (χ0) is 14.3. The largest absolute Gasteiger partial charge is 0.490 e. The molecule has 0 spiro atoms. The molecule has 6 nitrogen and oxygen atoms in total. The second-order valence-corrected chi connectivity index (χ2v) is 3.70. The minimum Gasteiger partial charge on any atom is -0.490 e. The van der Waals surface area contributed by atoms with Gasteiger partial charge in [-0.25, -0.2) is 10.2 Å². The molecule has 0 saturated carbocycles. The van der Waals surface area contributed by atoms with E-state index in [0.717, 1.165) is 5.56 Å². The third-order valence-corrected chi connectivity index (χ3v) is 2.29. The highest BCUT2D eigenvalue weighted by molar-refractivity contribution is 5.99. The van der Waals surface area contributed by atoms with Gasteiger partial charge in [0.15, 0.2) is 11.5 Å². The van der Waals surface area contributed by atoms with E-state index in [2.05, 4.69) is 10.5 Å². The van der Waals surface area contributed by atoms with Crippen molar-refractivity contribution < 1.29 is 14.3 Å². The molecule has 1 rings (SSSR count). The van der Waals surface area contributed by atoms with Gasteiger partial charge in [-0.05, 0) is 39.0 Å². The Morgan fingerprint density at radius 2 is 1.89 bits per heavy atom. The van der Waals surface area contributed by atoms with Crippen molar-refractivity contribution in [2.24, 2.45) is 10.8 Å². The molecule has 3 N–H and O–H groups in total. The number of nitrogens with two attached hydrogens (primary N) is 1. The smallest absolute Gasteiger partial charge is 0.332 e. The van der Waals surface area contributed by atoms with E-state index in [1.54, 1.807) is 6.92 Å². The van der Waals surface area contributed by atoms with E-state index in [4.69, 9.17) is 15.2 Å². The van der Waals surface area contributed by atoms with Crippen LogP contribution >= 0.6 is 0 Å². The monoisotopic (exact) mass is 265 g/mol. The maximum Gasteiger partial charge on any atom is 0.332 e. The summed E-state index contributed by atoms with van der Waals surface area (Å²) in [6.45, 7) is 6.68. The predicted molar refractivity (Wildman–Crippen MR) is 73.7 cm³/mol. The van der Waals surface area contributed by atoms with Crippen LogP contribution in [-0.4, -0.2) is 25.0 Å². The van der Waals surface area contributed by atoms with Crippen molar-refractivity contribution in [1.29, 1.82) is 0 Å². The number of benzene rings is 1. The first-order valence-corrected chi connectivity index (χ1v) is 6.08. The maximum absolute atomic E-state index is 10.6. The number of urea groups is 1. The lowest BCUT2D eigenvalue weighted by atomic mass is 10.1. The second-order valence-electron chi connectivity index (χ2n) is 3.70. The van der Waals surface area contributed by atoms with Crippen molar-refractivity contribution in [2.75, 3.05) is 13.2 Å². The molecule has 0 saturated heterocycles. The molecule has 0 atom stereocenters. The fourth-order valence-electron chi connectivity index (χ4n) is 1.48. The van der Waals surface area contributed by atoms with Crippen molar-refractivity contribution in [3.63, 3.8) is 0 Å². The summed E-state index contributed by atoms with van der Waals surface area (Å²) in [7, 11) is 0. The number of hydrazone groups is 1. The Kier molecular flexibility index (Phi) is 5.66. The number of hydrogen-bond acceptors (Lipinski definition) is 4. The van der Waals surface area contributed by atoms with Gasteiger partial charge in [0.25, 0.3) is 0 Å². The Bertz CT molecular complexity index is 472. The van der Waals surface area contributed by atoms with Gasteiger partial charge in [-0.2, -0.15) is 5.10 Å². The summed E-state index contributed by atoms with van der Waals surface area (Å²) in [5.41, 5.74) is 8.60. The molecule has 1 aromatic carbocycles. The molecule has 0 aliphatic carbocycles. The van der Waals surface area contributed by atoms with Gasteiger partial charge in [-0.3, -0.25) is 0 Å². The fraction of sp³-hybridized carbons (Fsp3) is 0.385. The molecular formula is C13H19N3O3. The zero-order valence-electron chi connectivity index (χ0n) is 11.4. The summed E-state index contributed by atoms with van der Waals surface area (Å²) >= 11 is 0. The van der Waals surface area contributed by atoms with Crippen LogP contribution in [0.5, 0.6) is 11.5 Å². The summed E-state index contributed by atoms with van der Waals surface area (Å²) in [6.07, 6.45) is 0. The van der Waals surface area contributed by atoms with E-state index in [1.165, 1.54) is 0 Å². The number of nitrogens with zero attached hydrogens (tertiary/aromatic N) is 1. The molecule has 1 aromatic rings. The number of hydrogen-bond donors (Lipinski definition) is 2. The number of primary amides is 1. The van der Waals surface area contributed by atoms with Crippen LogP contribution in [0, 0.1) is 0 Å². The maximum atomic E-state index is 10.6. The van der Waals surface area contributed by atoms with Gasteiger partial charge >= 0.3 is 6.03 Å². The normalized spacial score (nSPS) is 11.0. The van der Waals surface area contributed by atoms with Gasteiger partial charge < -0.3 is 15.2 Å². The minimum absolute atomic E-state index is 0.541. The molecule has 0 aliphatic heterocycles. The Labute approximate surface area is 112 Å². The first-order chi connectivity index (χ1) is 9.08. The molecule has 0 unspecified atom stereocenters. The van der Waals surface area contributed by atoms with Crippen molar-refractivity contribution in [3.05, 3.63) is 23.8 Å². The molecular weight excluding hydrogens is 246 g/mol. The first kappa shape index (κ1) is 14.8. The summed E-state index contributed by atoms with van der Waals surface area (Å²) < 4.78 is 11.0. The number of ether oxygens (including phenoxy) is 2. The number of carbonyl (C=O) groups is 1. The highest BCUT2D eigenvalue weighted by Crippen LogP contribution is 2.28. The number of amides is 2. The van der Waals surface area contributed by atoms with Crippen LogP contribution in [0.2, 0.25) is 0 Å². The van der Waals surface area contributed by atoms with Crippen molar-refractivity contribution in [1.82, 2.24) is 5.43 Å². The molecule has 0 aromatic heterocycles. The van der Waals surface area contributed by atoms with E-state index < -0.39 is 6.03 Å². The minimum atomic E-state index is -0.699. The Balaban J connectivity index is 2.99. The van der Waals surface area contributed by atoms with Gasteiger partial charge in [0.2, 0.25) is 0 Å². The summed E-state index contributed by atoms with van der Waals surface area (Å²) in [5, 5.41) is 3.87. The van der Waals surface area contributed by atoms with E-state index in [1.807, 2.05) is 32.0 Å². The van der Waals surface area contributed by atoms with Gasteiger partial charge in [0, 0.05) is 5.56 Å². The zero-order valence-corrected chi connectivity index (χ0v) is 11.4. The molecule has 0 heterocycles. The highest BCUT2D eigenvalue weighted by atomic mass is 16.5. The quantitative estimate of drug-likeness (QED) is 0.608. The Morgan fingerprint density at radius 1 is 1.26 bits per heavy atom. The van der Waals surface area contributed by atoms with Crippen LogP contribution in [0.15, 0.2) is 23.3 Å². The topological polar surface area (TPSA) is 85.9 Å². The lowest BCUT2D eigenvalue weighted by Crippen LogP contribution is -2.25. The molecule has 0 aliphatic rings. The molecule has 0 radical (unpaired) electrons. The lowest BCUT2D eigenvalue weighted by molar-refractivity contribution is 0.249. The highest BCUT2D eigenvalue weighted by Gasteiger charge is 2.08. The fourth-order valence-corrected chi connectivity index (χ4v) is 1.48. The van der Waals surface area contributed by atoms with Gasteiger partial charge in [0.05, 0.1) is 18.9 Å². The van der Waals surface area contributed by atoms with Crippen LogP contribution in [0.25, 0.3) is 0 Å². The second kappa shape index (κ2) is 7.25. The summed E-state index contributed by atoms with van der Waals surface area (Å²) in [4.78, 5) is 10.6. The third-order valence-electron chi connectivity index (χ3n) is 2.29. The predicted octanol–water partition coefficient (Wildman–Crippen LogP) is 1.88. The van der Waals surface area contributed by atoms with Crippen LogP contribution in [0.1, 0.15) is 26.3 Å². The molecule has 104 valence electrons. The van der Waals surface area contributed by atoms with Crippen LogP contribution in [0.4, 0.5) is 4.79 Å². The summed E-state index contributed by atoms with van der Waals surface area (Å²) in [5.74, 6) is 1.33. The Hall–Kier alpha value is -2.24.